The number of aromatic nitrogens is 4. The number of H-pyrrole nitrogens is 1. The van der Waals surface area contributed by atoms with Crippen LogP contribution in [0, 0.1) is 5.41 Å². The van der Waals surface area contributed by atoms with Gasteiger partial charge in [0.25, 0.3) is 0 Å². The highest BCUT2D eigenvalue weighted by molar-refractivity contribution is 9.10. The lowest BCUT2D eigenvalue weighted by atomic mass is 10.1. The van der Waals surface area contributed by atoms with Gasteiger partial charge >= 0.3 is 6.09 Å². The predicted octanol–water partition coefficient (Wildman–Crippen LogP) is 5.47. The molecule has 4 aromatic rings. The minimum absolute atomic E-state index is 0.132. The zero-order valence-electron chi connectivity index (χ0n) is 20.4. The zero-order chi connectivity index (χ0) is 26.2. The van der Waals surface area contributed by atoms with Crippen LogP contribution >= 0.6 is 27.7 Å². The molecule has 2 aromatic heterocycles. The van der Waals surface area contributed by atoms with E-state index < -0.39 is 11.7 Å². The van der Waals surface area contributed by atoms with Crippen molar-refractivity contribution in [3.05, 3.63) is 58.2 Å². The van der Waals surface area contributed by atoms with E-state index in [1.165, 1.54) is 11.8 Å². The topological polar surface area (TPSA) is 127 Å². The van der Waals surface area contributed by atoms with E-state index in [1.54, 1.807) is 6.33 Å². The van der Waals surface area contributed by atoms with Crippen molar-refractivity contribution in [3.8, 4) is 11.5 Å². The number of rotatable bonds is 6. The van der Waals surface area contributed by atoms with E-state index in [4.69, 9.17) is 24.6 Å². The van der Waals surface area contributed by atoms with Gasteiger partial charge in [-0.05, 0) is 73.0 Å². The maximum Gasteiger partial charge on any atom is 0.412 e. The van der Waals surface area contributed by atoms with Crippen molar-refractivity contribution in [2.75, 3.05) is 12.1 Å². The van der Waals surface area contributed by atoms with Gasteiger partial charge in [0.15, 0.2) is 27.8 Å². The van der Waals surface area contributed by atoms with Crippen LogP contribution in [-0.2, 0) is 17.7 Å². The molecule has 0 bridgehead atoms. The lowest BCUT2D eigenvalue weighted by molar-refractivity contribution is 0.0636. The lowest BCUT2D eigenvalue weighted by Gasteiger charge is -2.19. The molecule has 0 radical (unpaired) electrons. The molecule has 192 valence electrons. The van der Waals surface area contributed by atoms with Crippen molar-refractivity contribution in [1.82, 2.24) is 19.5 Å². The third kappa shape index (κ3) is 5.91. The van der Waals surface area contributed by atoms with Crippen molar-refractivity contribution in [3.63, 3.8) is 0 Å². The number of anilines is 1. The normalized spacial score (nSPS) is 12.6. The number of fused-ring (bicyclic) bond motifs is 2. The molecule has 0 spiro atoms. The van der Waals surface area contributed by atoms with E-state index in [-0.39, 0.29) is 12.3 Å². The van der Waals surface area contributed by atoms with E-state index in [0.29, 0.717) is 46.5 Å². The van der Waals surface area contributed by atoms with Crippen molar-refractivity contribution in [2.24, 2.45) is 0 Å². The Bertz CT molecular complexity index is 1530. The third-order valence-corrected chi connectivity index (χ3v) is 7.24. The summed E-state index contributed by atoms with van der Waals surface area (Å²) in [5.41, 5.74) is 2.55. The van der Waals surface area contributed by atoms with Gasteiger partial charge in [0, 0.05) is 21.6 Å². The van der Waals surface area contributed by atoms with Crippen LogP contribution < -0.4 is 20.3 Å². The van der Waals surface area contributed by atoms with Gasteiger partial charge in [-0.15, -0.1) is 0 Å². The van der Waals surface area contributed by atoms with E-state index >= 15 is 0 Å². The summed E-state index contributed by atoms with van der Waals surface area (Å²) < 4.78 is 19.0. The zero-order valence-corrected chi connectivity index (χ0v) is 22.8. The molecule has 1 amide bonds. The summed E-state index contributed by atoms with van der Waals surface area (Å²) in [6.45, 7) is 6.29. The highest BCUT2D eigenvalue weighted by atomic mass is 79.9. The van der Waals surface area contributed by atoms with Gasteiger partial charge in [-0.1, -0.05) is 23.9 Å². The van der Waals surface area contributed by atoms with Crippen LogP contribution in [-0.4, -0.2) is 38.0 Å². The van der Waals surface area contributed by atoms with Gasteiger partial charge in [-0.3, -0.25) is 10.7 Å². The molecule has 1 aliphatic heterocycles. The van der Waals surface area contributed by atoms with E-state index in [9.17, 15) is 4.79 Å². The van der Waals surface area contributed by atoms with Gasteiger partial charge in [0.1, 0.15) is 11.1 Å². The highest BCUT2D eigenvalue weighted by Gasteiger charge is 2.19. The van der Waals surface area contributed by atoms with E-state index in [2.05, 4.69) is 31.2 Å². The van der Waals surface area contributed by atoms with Gasteiger partial charge < -0.3 is 23.8 Å². The first kappa shape index (κ1) is 25.2. The first-order chi connectivity index (χ1) is 17.6. The van der Waals surface area contributed by atoms with Crippen molar-refractivity contribution < 1.29 is 19.0 Å². The molecule has 10 nitrogen and oxygen atoms in total. The number of aromatic amines is 1. The molecular weight excluding hydrogens is 560 g/mol. The molecule has 2 aromatic carbocycles. The smallest absolute Gasteiger partial charge is 0.412 e. The summed E-state index contributed by atoms with van der Waals surface area (Å²) in [5, 5.41) is 11.6. The second kappa shape index (κ2) is 10.1. The summed E-state index contributed by atoms with van der Waals surface area (Å²) in [7, 11) is 0. The number of ether oxygens (including phenoxy) is 3. The molecule has 0 aliphatic carbocycles. The Labute approximate surface area is 225 Å². The third-order valence-electron chi connectivity index (χ3n) is 5.37. The van der Waals surface area contributed by atoms with E-state index in [1.807, 2.05) is 61.7 Å². The van der Waals surface area contributed by atoms with Crippen molar-refractivity contribution >= 4 is 50.6 Å². The Hall–Kier alpha value is -3.51. The molecule has 0 fully saturated rings. The van der Waals surface area contributed by atoms with Gasteiger partial charge in [-0.2, -0.15) is 0 Å². The Kier molecular flexibility index (Phi) is 6.86. The number of benzene rings is 2. The van der Waals surface area contributed by atoms with Crippen LogP contribution in [0.5, 0.6) is 11.5 Å². The quantitative estimate of drug-likeness (QED) is 0.274. The van der Waals surface area contributed by atoms with Crippen LogP contribution in [0.1, 0.15) is 26.3 Å². The highest BCUT2D eigenvalue weighted by Crippen LogP contribution is 2.42. The largest absolute Gasteiger partial charge is 0.454 e. The monoisotopic (exact) mass is 584 g/mol. The molecule has 12 heteroatoms. The molecule has 0 saturated heterocycles. The first-order valence-corrected chi connectivity index (χ1v) is 13.1. The van der Waals surface area contributed by atoms with Crippen LogP contribution in [0.15, 0.2) is 57.3 Å². The number of carbonyl (C=O) groups is 1. The summed E-state index contributed by atoms with van der Waals surface area (Å²) in [4.78, 5) is 25.1. The molecule has 3 N–H and O–H groups in total. The average Bonchev–Trinajstić information content (AvgIpc) is 3.46. The first-order valence-electron chi connectivity index (χ1n) is 11.5. The van der Waals surface area contributed by atoms with Crippen molar-refractivity contribution in [1.29, 1.82) is 5.41 Å². The fourth-order valence-electron chi connectivity index (χ4n) is 3.68. The molecule has 37 heavy (non-hydrogen) atoms. The molecule has 3 heterocycles. The molecular formula is C25H25BrN6O4S. The van der Waals surface area contributed by atoms with Crippen molar-refractivity contribution in [2.45, 2.75) is 49.4 Å². The lowest BCUT2D eigenvalue weighted by Crippen LogP contribution is -2.27. The van der Waals surface area contributed by atoms with Crippen LogP contribution in [0.2, 0.25) is 0 Å². The molecule has 5 rings (SSSR count). The second-order valence-corrected chi connectivity index (χ2v) is 11.2. The number of nitrogens with one attached hydrogen (secondary N) is 3. The van der Waals surface area contributed by atoms with Gasteiger partial charge in [0.2, 0.25) is 6.79 Å². The minimum Gasteiger partial charge on any atom is -0.454 e. The Morgan fingerprint density at radius 1 is 1.24 bits per heavy atom. The molecule has 0 unspecified atom stereocenters. The fourth-order valence-corrected chi connectivity index (χ4v) is 5.06. The van der Waals surface area contributed by atoms with Gasteiger partial charge in [-0.25, -0.2) is 14.8 Å². The fraction of sp³-hybridized carbons (Fsp3) is 0.280. The Morgan fingerprint density at radius 2 is 1.97 bits per heavy atom. The standard InChI is InChI=1S/C25H25BrN6O4S/c1-25(2,3)36-24(33)29-15-6-4-14(5-7-15)8-9-32-12-28-21(27)20-22(32)31-23(30-20)37-19-11-18-17(10-16(19)26)34-13-35-18/h4-7,10-12,27H,8-9,13H2,1-3H3,(H,29,33)(H,30,31). The number of imidazole rings is 1. The van der Waals surface area contributed by atoms with Crippen LogP contribution in [0.3, 0.4) is 0 Å². The number of carbonyl (C=O) groups excluding carboxylic acids is 1. The Morgan fingerprint density at radius 3 is 2.70 bits per heavy atom. The summed E-state index contributed by atoms with van der Waals surface area (Å²) >= 11 is 5.01. The number of hydrogen-bond acceptors (Lipinski definition) is 8. The van der Waals surface area contributed by atoms with Crippen LogP contribution in [0.4, 0.5) is 10.5 Å². The molecule has 0 saturated carbocycles. The number of halogens is 1. The SMILES string of the molecule is CC(C)(C)OC(=O)Nc1ccc(CCn2cnc(=N)c3[nH]c(Sc4cc5c(cc4Br)OCO5)nc32)cc1. The maximum absolute atomic E-state index is 12.0. The number of amides is 1. The Balaban J connectivity index is 1.29. The van der Waals surface area contributed by atoms with E-state index in [0.717, 1.165) is 14.9 Å². The number of hydrogen-bond donors (Lipinski definition) is 3. The number of aryl methyl sites for hydroxylation is 2. The summed E-state index contributed by atoms with van der Waals surface area (Å²) in [6.07, 6.45) is 1.86. The molecule has 0 atom stereocenters. The maximum atomic E-state index is 12.0. The summed E-state index contributed by atoms with van der Waals surface area (Å²) in [6, 6.07) is 11.4. The van der Waals surface area contributed by atoms with Crippen LogP contribution in [0.25, 0.3) is 11.2 Å². The average molecular weight is 585 g/mol. The second-order valence-electron chi connectivity index (χ2n) is 9.34. The molecule has 1 aliphatic rings. The number of nitrogens with zero attached hydrogens (tertiary/aromatic N) is 3. The van der Waals surface area contributed by atoms with Gasteiger partial charge in [0.05, 0.1) is 6.33 Å². The summed E-state index contributed by atoms with van der Waals surface area (Å²) in [5.74, 6) is 1.39. The predicted molar refractivity (Wildman–Crippen MR) is 142 cm³/mol. The minimum atomic E-state index is -0.555.